The van der Waals surface area contributed by atoms with Crippen molar-refractivity contribution < 1.29 is 6.16 Å². The van der Waals surface area contributed by atoms with Gasteiger partial charge in [-0.3, -0.25) is 0 Å². The Kier molecular flexibility index (Phi) is 10.5. The van der Waals surface area contributed by atoms with Crippen molar-refractivity contribution in [1.82, 2.24) is 9.80 Å². The lowest BCUT2D eigenvalue weighted by Crippen LogP contribution is -2.39. The second-order valence-corrected chi connectivity index (χ2v) is 12.6. The van der Waals surface area contributed by atoms with E-state index in [1.165, 1.54) is 65.4 Å². The van der Waals surface area contributed by atoms with Gasteiger partial charge in [0.1, 0.15) is 6.61 Å². The Morgan fingerprint density at radius 3 is 2.58 bits per heavy atom. The van der Waals surface area contributed by atoms with Crippen LogP contribution < -0.4 is 4.90 Å². The lowest BCUT2D eigenvalue weighted by molar-refractivity contribution is 0.139. The molecule has 232 valence electrons. The largest absolute Gasteiger partial charge is 0.476 e. The van der Waals surface area contributed by atoms with E-state index in [9.17, 15) is 0 Å². The van der Waals surface area contributed by atoms with Gasteiger partial charge in [0.05, 0.1) is 12.3 Å². The highest BCUT2D eigenvalue weighted by Crippen LogP contribution is 2.45. The molecule has 0 bridgehead atoms. The van der Waals surface area contributed by atoms with Crippen molar-refractivity contribution in [2.24, 2.45) is 10.9 Å². The number of hydrogen-bond donors (Lipinski definition) is 0. The number of nitrogens with zero attached hydrogens (tertiary/aromatic N) is 4. The zero-order valence-electron chi connectivity index (χ0n) is 27.3. The maximum atomic E-state index is 6.19. The third-order valence-corrected chi connectivity index (χ3v) is 9.70. The number of piperidine rings is 1. The number of fused-ring (bicyclic) bond motifs is 1. The van der Waals surface area contributed by atoms with Crippen molar-refractivity contribution in [3.05, 3.63) is 65.7 Å². The molecule has 1 unspecified atom stereocenters. The minimum Gasteiger partial charge on any atom is -0.476 e. The van der Waals surface area contributed by atoms with E-state index in [1.807, 2.05) is 13.8 Å². The zero-order valence-corrected chi connectivity index (χ0v) is 27.3. The molecule has 2 aliphatic carbocycles. The molecular formula is C38H54N4O. The fourth-order valence-corrected chi connectivity index (χ4v) is 6.95. The minimum absolute atomic E-state index is 0. The third kappa shape index (κ3) is 7.47. The molecule has 5 heteroatoms. The Labute approximate surface area is 262 Å². The number of benzene rings is 2. The summed E-state index contributed by atoms with van der Waals surface area (Å²) >= 11 is 0. The van der Waals surface area contributed by atoms with Crippen LogP contribution in [0.2, 0.25) is 0 Å². The lowest BCUT2D eigenvalue weighted by atomic mass is 9.93. The molecule has 2 atom stereocenters. The van der Waals surface area contributed by atoms with Gasteiger partial charge < -0.3 is 19.4 Å². The summed E-state index contributed by atoms with van der Waals surface area (Å²) in [5.74, 6) is 8.47. The standard InChI is InChI=1S/C36H46N4O.C2H6.H2/c1-26(39(4)23-28-11-6-5-7-12-28)32-20-22-40(24-34(32)37-27(2)41-25-31-15-10-21-38(31)3)35-17-9-14-30-13-8-16-33(36(30)35)29-18-19-29;1-2;/h8-9,13-14,16-17,28-29,31H,2,6,10-12,15,18-25H2,1,3-4H3;1-2H3;1H/b32-26+,37-34-;;/t28?,31-;;/m0../s1. The van der Waals surface area contributed by atoms with Crippen LogP contribution in [-0.4, -0.2) is 68.4 Å². The maximum absolute atomic E-state index is 6.19. The van der Waals surface area contributed by atoms with Crippen LogP contribution in [-0.2, 0) is 4.74 Å². The Bertz CT molecular complexity index is 1410. The van der Waals surface area contributed by atoms with Crippen molar-refractivity contribution in [2.45, 2.75) is 84.1 Å². The summed E-state index contributed by atoms with van der Waals surface area (Å²) in [7, 11) is 4.43. The first kappa shape index (κ1) is 31.2. The predicted octanol–water partition coefficient (Wildman–Crippen LogP) is 8.23. The van der Waals surface area contributed by atoms with Gasteiger partial charge in [0.25, 0.3) is 0 Å². The number of likely N-dealkylation sites (N-methyl/N-ethyl adjacent to an activating group) is 1. The van der Waals surface area contributed by atoms with Crippen LogP contribution in [0.3, 0.4) is 0 Å². The lowest BCUT2D eigenvalue weighted by Gasteiger charge is -2.36. The fourth-order valence-electron chi connectivity index (χ4n) is 6.95. The minimum atomic E-state index is 0. The molecule has 5 nitrogen and oxygen atoms in total. The summed E-state index contributed by atoms with van der Waals surface area (Å²) in [6, 6.07) is 14.1. The molecule has 2 aromatic carbocycles. The molecule has 0 aromatic heterocycles. The van der Waals surface area contributed by atoms with Gasteiger partial charge in [0, 0.05) is 57.2 Å². The van der Waals surface area contributed by atoms with Crippen LogP contribution in [0.15, 0.2) is 65.1 Å². The van der Waals surface area contributed by atoms with E-state index in [1.54, 1.807) is 0 Å². The van der Waals surface area contributed by atoms with E-state index in [0.717, 1.165) is 51.2 Å². The molecule has 3 fully saturated rings. The zero-order chi connectivity index (χ0) is 30.3. The van der Waals surface area contributed by atoms with E-state index in [0.29, 0.717) is 30.4 Å². The molecule has 6 rings (SSSR count). The van der Waals surface area contributed by atoms with Crippen LogP contribution in [0.25, 0.3) is 10.8 Å². The number of allylic oxidation sites excluding steroid dienone is 1. The maximum Gasteiger partial charge on any atom is 0.206 e. The van der Waals surface area contributed by atoms with Crippen LogP contribution in [0.4, 0.5) is 5.69 Å². The number of anilines is 1. The molecule has 0 amide bonds. The van der Waals surface area contributed by atoms with E-state index < -0.39 is 0 Å². The van der Waals surface area contributed by atoms with Crippen LogP contribution in [0, 0.1) is 17.8 Å². The van der Waals surface area contributed by atoms with Crippen molar-refractivity contribution in [3.63, 3.8) is 0 Å². The fraction of sp³-hybridized carbons (Fsp3) is 0.553. The first-order valence-electron chi connectivity index (χ1n) is 16.7. The van der Waals surface area contributed by atoms with Gasteiger partial charge >= 0.3 is 0 Å². The Morgan fingerprint density at radius 2 is 1.88 bits per heavy atom. The Hall–Kier alpha value is -3.23. The molecular weight excluding hydrogens is 528 g/mol. The van der Waals surface area contributed by atoms with Crippen LogP contribution in [0.5, 0.6) is 0 Å². The highest BCUT2D eigenvalue weighted by Gasteiger charge is 2.30. The molecule has 0 N–H and O–H groups in total. The normalized spacial score (nSPS) is 24.2. The SMILES string of the molecule is C=C(/N=C1/CN(c2cccc3cccc(C4CC4)c23)CC/C1=C(/C)N(C)CC1CC#CCC1)OC[C@@H]1CCCN1C.CC.[HH]. The van der Waals surface area contributed by atoms with Gasteiger partial charge in [-0.25, -0.2) is 4.99 Å². The van der Waals surface area contributed by atoms with E-state index in [-0.39, 0.29) is 1.43 Å². The number of rotatable bonds is 9. The molecule has 2 aromatic rings. The van der Waals surface area contributed by atoms with Gasteiger partial charge in [-0.15, -0.1) is 11.8 Å². The molecule has 0 spiro atoms. The molecule has 43 heavy (non-hydrogen) atoms. The Balaban J connectivity index is 0.00000144. The molecule has 4 aliphatic rings. The van der Waals surface area contributed by atoms with Crippen LogP contribution >= 0.6 is 0 Å². The highest BCUT2D eigenvalue weighted by atomic mass is 16.5. The van der Waals surface area contributed by atoms with Gasteiger partial charge in [0.2, 0.25) is 5.88 Å². The molecule has 2 heterocycles. The first-order chi connectivity index (χ1) is 21.0. The number of hydrogen-bond acceptors (Lipinski definition) is 5. The molecule has 2 saturated heterocycles. The van der Waals surface area contributed by atoms with Gasteiger partial charge in [-0.2, -0.15) is 0 Å². The predicted molar refractivity (Wildman–Crippen MR) is 185 cm³/mol. The summed E-state index contributed by atoms with van der Waals surface area (Å²) in [5, 5.41) is 2.77. The van der Waals surface area contributed by atoms with Gasteiger partial charge in [-0.1, -0.05) is 44.2 Å². The molecule has 0 radical (unpaired) electrons. The smallest absolute Gasteiger partial charge is 0.206 e. The monoisotopic (exact) mass is 582 g/mol. The van der Waals surface area contributed by atoms with Gasteiger partial charge in [-0.05, 0) is 100 Å². The van der Waals surface area contributed by atoms with Gasteiger partial charge in [0.15, 0.2) is 0 Å². The summed E-state index contributed by atoms with van der Waals surface area (Å²) in [5.41, 5.74) is 6.60. The Morgan fingerprint density at radius 1 is 1.09 bits per heavy atom. The van der Waals surface area contributed by atoms with E-state index >= 15 is 0 Å². The third-order valence-electron chi connectivity index (χ3n) is 9.70. The first-order valence-corrected chi connectivity index (χ1v) is 16.7. The topological polar surface area (TPSA) is 31.3 Å². The highest BCUT2D eigenvalue weighted by molar-refractivity contribution is 6.07. The van der Waals surface area contributed by atoms with E-state index in [4.69, 9.17) is 9.73 Å². The quantitative estimate of drug-likeness (QED) is 0.220. The van der Waals surface area contributed by atoms with Crippen molar-refractivity contribution in [1.29, 1.82) is 0 Å². The summed E-state index contributed by atoms with van der Waals surface area (Å²) < 4.78 is 6.19. The number of aliphatic imine (C=N–C) groups is 1. The molecule has 1 saturated carbocycles. The van der Waals surface area contributed by atoms with Crippen LogP contribution in [0.1, 0.15) is 85.0 Å². The second-order valence-electron chi connectivity index (χ2n) is 12.6. The average Bonchev–Trinajstić information content (AvgIpc) is 3.81. The van der Waals surface area contributed by atoms with Crippen molar-refractivity contribution >= 4 is 22.2 Å². The summed E-state index contributed by atoms with van der Waals surface area (Å²) in [6.45, 7) is 15.1. The summed E-state index contributed by atoms with van der Waals surface area (Å²) in [4.78, 5) is 12.5. The van der Waals surface area contributed by atoms with Crippen molar-refractivity contribution in [2.75, 3.05) is 51.8 Å². The van der Waals surface area contributed by atoms with Crippen molar-refractivity contribution in [3.8, 4) is 11.8 Å². The molecule has 2 aliphatic heterocycles. The van der Waals surface area contributed by atoms with E-state index in [2.05, 4.69) is 90.5 Å². The number of ether oxygens (including phenoxy) is 1. The second kappa shape index (κ2) is 14.5. The summed E-state index contributed by atoms with van der Waals surface area (Å²) in [6.07, 6.45) is 9.21. The number of likely N-dealkylation sites (tertiary alicyclic amines) is 1. The average molecular weight is 583 g/mol.